The fraction of sp³-hybridized carbons (Fsp3) is 0.429. The summed E-state index contributed by atoms with van der Waals surface area (Å²) in [4.78, 5) is 41.2. The van der Waals surface area contributed by atoms with E-state index in [1.165, 1.54) is 12.1 Å². The van der Waals surface area contributed by atoms with Gasteiger partial charge in [-0.15, -0.1) is 0 Å². The molecule has 0 aliphatic carbocycles. The summed E-state index contributed by atoms with van der Waals surface area (Å²) in [5.74, 6) is -1.07. The minimum absolute atomic E-state index is 0.0403. The van der Waals surface area contributed by atoms with E-state index in [1.54, 1.807) is 47.6 Å². The van der Waals surface area contributed by atoms with Crippen molar-refractivity contribution in [3.63, 3.8) is 0 Å². The number of aromatic hydroxyl groups is 1. The van der Waals surface area contributed by atoms with E-state index in [0.717, 1.165) is 10.5 Å². The van der Waals surface area contributed by atoms with Gasteiger partial charge in [-0.2, -0.15) is 5.26 Å². The van der Waals surface area contributed by atoms with Crippen molar-refractivity contribution in [3.05, 3.63) is 65.2 Å². The van der Waals surface area contributed by atoms with Gasteiger partial charge in [-0.3, -0.25) is 9.59 Å². The van der Waals surface area contributed by atoms with Gasteiger partial charge in [0.05, 0.1) is 6.07 Å². The Morgan fingerprint density at radius 2 is 1.73 bits per heavy atom. The summed E-state index contributed by atoms with van der Waals surface area (Å²) in [5.41, 5.74) is 0.919. The van der Waals surface area contributed by atoms with Gasteiger partial charge in [0.25, 0.3) is 0 Å². The molecule has 2 aromatic carbocycles. The molecule has 0 aromatic heterocycles. The summed E-state index contributed by atoms with van der Waals surface area (Å²) in [6.07, 6.45) is -0.670. The Hall–Kier alpha value is -4.06. The first kappa shape index (κ1) is 29.2. The molecule has 37 heavy (non-hydrogen) atoms. The maximum absolute atomic E-state index is 14.0. The number of carbonyl (C=O) groups is 3. The third-order valence-electron chi connectivity index (χ3n) is 5.32. The quantitative estimate of drug-likeness (QED) is 0.442. The Balaban J connectivity index is 2.54. The van der Waals surface area contributed by atoms with Crippen LogP contribution in [0.15, 0.2) is 48.5 Å². The molecule has 0 bridgehead atoms. The third-order valence-corrected chi connectivity index (χ3v) is 5.32. The highest BCUT2D eigenvalue weighted by Gasteiger charge is 2.36. The number of nitrogens with one attached hydrogen (secondary N) is 2. The lowest BCUT2D eigenvalue weighted by Gasteiger charge is -2.33. The second kappa shape index (κ2) is 12.8. The lowest BCUT2D eigenvalue weighted by molar-refractivity contribution is -0.142. The van der Waals surface area contributed by atoms with Crippen molar-refractivity contribution in [2.75, 3.05) is 6.54 Å². The number of nitrogens with zero attached hydrogens (tertiary/aromatic N) is 2. The molecule has 2 atom stereocenters. The van der Waals surface area contributed by atoms with Gasteiger partial charge in [0.15, 0.2) is 0 Å². The summed E-state index contributed by atoms with van der Waals surface area (Å²) >= 11 is 0. The Kier molecular flexibility index (Phi) is 10.1. The minimum Gasteiger partial charge on any atom is -0.508 e. The molecule has 9 heteroatoms. The Bertz CT molecular complexity index is 1140. The highest BCUT2D eigenvalue weighted by Crippen LogP contribution is 2.27. The molecule has 0 aliphatic rings. The van der Waals surface area contributed by atoms with Crippen LogP contribution in [0.3, 0.4) is 0 Å². The van der Waals surface area contributed by atoms with Crippen LogP contribution in [0.25, 0.3) is 0 Å². The van der Waals surface area contributed by atoms with Crippen molar-refractivity contribution in [1.29, 1.82) is 5.26 Å². The topological polar surface area (TPSA) is 132 Å². The van der Waals surface area contributed by atoms with Crippen molar-refractivity contribution in [3.8, 4) is 11.8 Å². The fourth-order valence-corrected chi connectivity index (χ4v) is 3.76. The van der Waals surface area contributed by atoms with Gasteiger partial charge in [0, 0.05) is 12.5 Å². The molecule has 0 saturated heterocycles. The average Bonchev–Trinajstić information content (AvgIpc) is 2.79. The molecule has 3 amide bonds. The summed E-state index contributed by atoms with van der Waals surface area (Å²) in [6, 6.07) is 13.1. The van der Waals surface area contributed by atoms with Gasteiger partial charge in [-0.25, -0.2) is 4.79 Å². The molecule has 0 saturated carbocycles. The molecule has 0 fully saturated rings. The molecule has 0 radical (unpaired) electrons. The first-order chi connectivity index (χ1) is 17.3. The lowest BCUT2D eigenvalue weighted by atomic mass is 9.98. The van der Waals surface area contributed by atoms with E-state index in [2.05, 4.69) is 10.6 Å². The normalized spacial score (nSPS) is 12.7. The van der Waals surface area contributed by atoms with Crippen LogP contribution in [0.2, 0.25) is 0 Å². The van der Waals surface area contributed by atoms with Crippen LogP contribution >= 0.6 is 0 Å². The number of hydrogen-bond donors (Lipinski definition) is 3. The highest BCUT2D eigenvalue weighted by atomic mass is 16.6. The van der Waals surface area contributed by atoms with Crippen LogP contribution in [0.1, 0.15) is 57.4 Å². The Morgan fingerprint density at radius 1 is 1.08 bits per heavy atom. The smallest absolute Gasteiger partial charge is 0.408 e. The number of aryl methyl sites for hydroxylation is 1. The minimum atomic E-state index is -1.17. The zero-order valence-corrected chi connectivity index (χ0v) is 22.2. The van der Waals surface area contributed by atoms with Crippen molar-refractivity contribution in [2.45, 2.75) is 71.7 Å². The molecule has 0 spiro atoms. The number of hydrogen-bond acceptors (Lipinski definition) is 6. The highest BCUT2D eigenvalue weighted by molar-refractivity contribution is 5.92. The largest absolute Gasteiger partial charge is 0.508 e. The van der Waals surface area contributed by atoms with Crippen LogP contribution < -0.4 is 10.6 Å². The van der Waals surface area contributed by atoms with E-state index in [-0.39, 0.29) is 18.2 Å². The molecule has 2 rings (SSSR count). The summed E-state index contributed by atoms with van der Waals surface area (Å²) < 4.78 is 5.38. The maximum atomic E-state index is 14.0. The van der Waals surface area contributed by atoms with Crippen LogP contribution in [-0.4, -0.2) is 52.1 Å². The van der Waals surface area contributed by atoms with Crippen molar-refractivity contribution < 1.29 is 24.2 Å². The summed E-state index contributed by atoms with van der Waals surface area (Å²) in [5, 5.41) is 25.1. The Morgan fingerprint density at radius 3 is 2.27 bits per heavy atom. The van der Waals surface area contributed by atoms with E-state index in [1.807, 2.05) is 36.4 Å². The molecule has 0 heterocycles. The number of phenolic OH excluding ortho intramolecular Hbond substituents is 1. The number of rotatable bonds is 9. The summed E-state index contributed by atoms with van der Waals surface area (Å²) in [6.45, 7) is 9.97. The predicted octanol–water partition coefficient (Wildman–Crippen LogP) is 3.75. The van der Waals surface area contributed by atoms with Gasteiger partial charge < -0.3 is 25.4 Å². The fourth-order valence-electron chi connectivity index (χ4n) is 3.76. The second-order valence-corrected chi connectivity index (χ2v) is 10.1. The van der Waals surface area contributed by atoms with Crippen LogP contribution in [0, 0.1) is 18.3 Å². The Labute approximate surface area is 218 Å². The third kappa shape index (κ3) is 8.83. The molecular weight excluding hydrogens is 472 g/mol. The number of nitriles is 1. The van der Waals surface area contributed by atoms with Gasteiger partial charge in [0.2, 0.25) is 11.8 Å². The molecule has 2 aromatic rings. The van der Waals surface area contributed by atoms with Crippen LogP contribution in [0.5, 0.6) is 5.75 Å². The standard InChI is InChI=1S/C28H36N4O5/c1-18(2)30-25(34)24(21-12-13-23(33)19(3)16-21)32(15-14-29)26(35)22(17-20-10-8-7-9-11-20)31-27(36)37-28(4,5)6/h7-13,16,18,22,24,33H,15,17H2,1-6H3,(H,30,34)(H,31,36). The molecule has 9 nitrogen and oxygen atoms in total. The predicted molar refractivity (Wildman–Crippen MR) is 139 cm³/mol. The van der Waals surface area contributed by atoms with Crippen molar-refractivity contribution in [2.24, 2.45) is 0 Å². The van der Waals surface area contributed by atoms with Gasteiger partial charge >= 0.3 is 6.09 Å². The maximum Gasteiger partial charge on any atom is 0.408 e. The molecule has 198 valence electrons. The molecular formula is C28H36N4O5. The van der Waals surface area contributed by atoms with E-state index >= 15 is 0 Å². The van der Waals surface area contributed by atoms with E-state index in [0.29, 0.717) is 11.1 Å². The van der Waals surface area contributed by atoms with E-state index in [9.17, 15) is 24.8 Å². The molecule has 2 unspecified atom stereocenters. The SMILES string of the molecule is Cc1cc(C(C(=O)NC(C)C)N(CC#N)C(=O)C(Cc2ccccc2)NC(=O)OC(C)(C)C)ccc1O. The monoisotopic (exact) mass is 508 g/mol. The van der Waals surface area contributed by atoms with E-state index in [4.69, 9.17) is 4.74 Å². The lowest BCUT2D eigenvalue weighted by Crippen LogP contribution is -2.54. The number of phenols is 1. The van der Waals surface area contributed by atoms with Crippen molar-refractivity contribution >= 4 is 17.9 Å². The molecule has 0 aliphatic heterocycles. The van der Waals surface area contributed by atoms with Gasteiger partial charge in [-0.05, 0) is 70.4 Å². The first-order valence-electron chi connectivity index (χ1n) is 12.1. The average molecular weight is 509 g/mol. The zero-order valence-electron chi connectivity index (χ0n) is 22.2. The van der Waals surface area contributed by atoms with E-state index < -0.39 is 42.1 Å². The number of carbonyl (C=O) groups excluding carboxylic acids is 3. The number of amides is 3. The van der Waals surface area contributed by atoms with Crippen LogP contribution in [0.4, 0.5) is 4.79 Å². The second-order valence-electron chi connectivity index (χ2n) is 10.1. The van der Waals surface area contributed by atoms with Gasteiger partial charge in [0.1, 0.15) is 30.0 Å². The number of alkyl carbamates (subject to hydrolysis) is 1. The summed E-state index contributed by atoms with van der Waals surface area (Å²) in [7, 11) is 0. The number of benzene rings is 2. The van der Waals surface area contributed by atoms with Crippen LogP contribution in [-0.2, 0) is 20.7 Å². The van der Waals surface area contributed by atoms with Gasteiger partial charge in [-0.1, -0.05) is 36.4 Å². The number of ether oxygens (including phenoxy) is 1. The zero-order chi connectivity index (χ0) is 27.8. The van der Waals surface area contributed by atoms with Crippen molar-refractivity contribution in [1.82, 2.24) is 15.5 Å². The first-order valence-corrected chi connectivity index (χ1v) is 12.1. The molecule has 3 N–H and O–H groups in total.